The van der Waals surface area contributed by atoms with Gasteiger partial charge in [0.25, 0.3) is 5.91 Å². The molecule has 6 nitrogen and oxygen atoms in total. The predicted octanol–water partition coefficient (Wildman–Crippen LogP) is 4.68. The Bertz CT molecular complexity index is 1140. The molecule has 5 rings (SSSR count). The third-order valence-corrected chi connectivity index (χ3v) is 6.27. The van der Waals surface area contributed by atoms with Crippen LogP contribution in [0.4, 0.5) is 10.3 Å². The van der Waals surface area contributed by atoms with Crippen LogP contribution in [0.1, 0.15) is 34.3 Å². The second-order valence-corrected chi connectivity index (χ2v) is 8.89. The average molecular weight is 450 g/mol. The summed E-state index contributed by atoms with van der Waals surface area (Å²) in [6, 6.07) is 14.3. The maximum Gasteiger partial charge on any atom is 0.257 e. The van der Waals surface area contributed by atoms with Gasteiger partial charge < -0.3 is 19.1 Å². The molecule has 1 aliphatic carbocycles. The smallest absolute Gasteiger partial charge is 0.257 e. The molecule has 1 aliphatic heterocycles. The third kappa shape index (κ3) is 4.78. The number of carbonyl (C=O) groups is 1. The van der Waals surface area contributed by atoms with Crippen molar-refractivity contribution in [3.8, 4) is 11.3 Å². The van der Waals surface area contributed by atoms with E-state index in [0.717, 1.165) is 35.2 Å². The maximum atomic E-state index is 14.5. The zero-order valence-electron chi connectivity index (χ0n) is 18.8. The Hall–Kier alpha value is -3.19. The number of carbonyl (C=O) groups excluding carboxylic acids is 1. The van der Waals surface area contributed by atoms with Crippen molar-refractivity contribution in [2.24, 2.45) is 5.92 Å². The van der Waals surface area contributed by atoms with E-state index in [2.05, 4.69) is 16.1 Å². The lowest BCUT2D eigenvalue weighted by molar-refractivity contribution is 0.0730. The molecule has 1 amide bonds. The van der Waals surface area contributed by atoms with Crippen LogP contribution in [0.2, 0.25) is 0 Å². The summed E-state index contributed by atoms with van der Waals surface area (Å²) in [5.41, 5.74) is 3.74. The van der Waals surface area contributed by atoms with Crippen molar-refractivity contribution in [1.29, 1.82) is 0 Å². The standard InChI is InChI=1S/C26H28FN3O3/c1-18-5-4-6-20(15-18)24-22(26(33-28-24)29-11-13-32-14-12-29)17-30(16-19-9-10-19)25(31)21-7-2-3-8-23(21)27/h2-8,15,19H,9-14,16-17H2,1H3. The summed E-state index contributed by atoms with van der Waals surface area (Å²) in [5, 5.41) is 4.43. The summed E-state index contributed by atoms with van der Waals surface area (Å²) in [4.78, 5) is 17.3. The van der Waals surface area contributed by atoms with Gasteiger partial charge in [-0.05, 0) is 43.9 Å². The SMILES string of the molecule is Cc1cccc(-c2noc(N3CCOCC3)c2CN(CC2CC2)C(=O)c2ccccc2F)c1. The van der Waals surface area contributed by atoms with Gasteiger partial charge in [0.15, 0.2) is 0 Å². The highest BCUT2D eigenvalue weighted by Crippen LogP contribution is 2.36. The number of aryl methyl sites for hydroxylation is 1. The molecule has 0 unspecified atom stereocenters. The second-order valence-electron chi connectivity index (χ2n) is 8.89. The van der Waals surface area contributed by atoms with Crippen molar-refractivity contribution in [3.05, 3.63) is 71.0 Å². The molecule has 33 heavy (non-hydrogen) atoms. The lowest BCUT2D eigenvalue weighted by Crippen LogP contribution is -2.38. The van der Waals surface area contributed by atoms with Crippen LogP contribution in [-0.2, 0) is 11.3 Å². The molecule has 2 fully saturated rings. The number of aromatic nitrogens is 1. The average Bonchev–Trinajstić information content (AvgIpc) is 3.56. The first-order chi connectivity index (χ1) is 16.1. The van der Waals surface area contributed by atoms with E-state index in [0.29, 0.717) is 51.2 Å². The number of benzene rings is 2. The quantitative estimate of drug-likeness (QED) is 0.524. The fourth-order valence-corrected chi connectivity index (χ4v) is 4.30. The molecule has 2 aromatic carbocycles. The van der Waals surface area contributed by atoms with Crippen LogP contribution in [0.5, 0.6) is 0 Å². The Kier molecular flexibility index (Phi) is 6.13. The van der Waals surface area contributed by atoms with Crippen LogP contribution in [0.15, 0.2) is 53.1 Å². The van der Waals surface area contributed by atoms with E-state index in [9.17, 15) is 9.18 Å². The predicted molar refractivity (Wildman–Crippen MR) is 124 cm³/mol. The molecule has 1 aromatic heterocycles. The second kappa shape index (κ2) is 9.35. The van der Waals surface area contributed by atoms with Gasteiger partial charge >= 0.3 is 0 Å². The van der Waals surface area contributed by atoms with Gasteiger partial charge in [-0.3, -0.25) is 4.79 Å². The van der Waals surface area contributed by atoms with Gasteiger partial charge in [-0.2, -0.15) is 0 Å². The van der Waals surface area contributed by atoms with Crippen LogP contribution in [0.25, 0.3) is 11.3 Å². The molecule has 2 heterocycles. The highest BCUT2D eigenvalue weighted by molar-refractivity contribution is 5.94. The summed E-state index contributed by atoms with van der Waals surface area (Å²) in [5.74, 6) is 0.317. The Morgan fingerprint density at radius 1 is 1.15 bits per heavy atom. The first-order valence-corrected chi connectivity index (χ1v) is 11.5. The van der Waals surface area contributed by atoms with Gasteiger partial charge in [-0.15, -0.1) is 0 Å². The summed E-state index contributed by atoms with van der Waals surface area (Å²) in [6.45, 7) is 5.54. The number of rotatable bonds is 7. The van der Waals surface area contributed by atoms with Crippen LogP contribution >= 0.6 is 0 Å². The fraction of sp³-hybridized carbons (Fsp3) is 0.385. The fourth-order valence-electron chi connectivity index (χ4n) is 4.30. The summed E-state index contributed by atoms with van der Waals surface area (Å²) in [6.07, 6.45) is 2.18. The zero-order valence-corrected chi connectivity index (χ0v) is 18.8. The lowest BCUT2D eigenvalue weighted by Gasteiger charge is -2.28. The van der Waals surface area contributed by atoms with Crippen molar-refractivity contribution in [1.82, 2.24) is 10.1 Å². The van der Waals surface area contributed by atoms with E-state index >= 15 is 0 Å². The van der Waals surface area contributed by atoms with Crippen molar-refractivity contribution in [2.75, 3.05) is 37.7 Å². The van der Waals surface area contributed by atoms with Crippen LogP contribution < -0.4 is 4.90 Å². The molecule has 0 N–H and O–H groups in total. The van der Waals surface area contributed by atoms with Gasteiger partial charge in [0, 0.05) is 25.2 Å². The number of morpholine rings is 1. The van der Waals surface area contributed by atoms with E-state index in [1.165, 1.54) is 6.07 Å². The molecule has 0 spiro atoms. The molecule has 0 bridgehead atoms. The molecular formula is C26H28FN3O3. The van der Waals surface area contributed by atoms with Crippen LogP contribution in [-0.4, -0.2) is 48.8 Å². The topological polar surface area (TPSA) is 58.8 Å². The third-order valence-electron chi connectivity index (χ3n) is 6.27. The highest BCUT2D eigenvalue weighted by atomic mass is 19.1. The summed E-state index contributed by atoms with van der Waals surface area (Å²) < 4.78 is 25.9. The number of hydrogen-bond acceptors (Lipinski definition) is 5. The number of halogens is 1. The van der Waals surface area contributed by atoms with Gasteiger partial charge in [-0.25, -0.2) is 4.39 Å². The van der Waals surface area contributed by atoms with Crippen molar-refractivity contribution in [3.63, 3.8) is 0 Å². The Morgan fingerprint density at radius 3 is 2.67 bits per heavy atom. The first-order valence-electron chi connectivity index (χ1n) is 11.5. The minimum atomic E-state index is -0.499. The van der Waals surface area contributed by atoms with Gasteiger partial charge in [0.05, 0.1) is 30.9 Å². The maximum absolute atomic E-state index is 14.5. The van der Waals surface area contributed by atoms with E-state index in [-0.39, 0.29) is 11.5 Å². The molecule has 0 atom stereocenters. The van der Waals surface area contributed by atoms with Gasteiger partial charge in [0.1, 0.15) is 11.5 Å². The summed E-state index contributed by atoms with van der Waals surface area (Å²) in [7, 11) is 0. The Balaban J connectivity index is 1.54. The van der Waals surface area contributed by atoms with Crippen molar-refractivity contribution < 1.29 is 18.4 Å². The van der Waals surface area contributed by atoms with Crippen LogP contribution in [0.3, 0.4) is 0 Å². The Labute approximate surface area is 192 Å². The number of anilines is 1. The zero-order chi connectivity index (χ0) is 22.8. The lowest BCUT2D eigenvalue weighted by atomic mass is 10.0. The molecule has 1 saturated carbocycles. The highest BCUT2D eigenvalue weighted by Gasteiger charge is 2.32. The van der Waals surface area contributed by atoms with E-state index in [1.807, 2.05) is 25.1 Å². The van der Waals surface area contributed by atoms with Crippen molar-refractivity contribution >= 4 is 11.8 Å². The van der Waals surface area contributed by atoms with Crippen LogP contribution in [0, 0.1) is 18.7 Å². The van der Waals surface area contributed by atoms with E-state index in [4.69, 9.17) is 9.26 Å². The van der Waals surface area contributed by atoms with Gasteiger partial charge in [0.2, 0.25) is 5.88 Å². The minimum absolute atomic E-state index is 0.0969. The number of nitrogens with zero attached hydrogens (tertiary/aromatic N) is 3. The monoisotopic (exact) mass is 449 g/mol. The number of ether oxygens (including phenoxy) is 1. The molecule has 3 aromatic rings. The largest absolute Gasteiger partial charge is 0.378 e. The molecular weight excluding hydrogens is 421 g/mol. The molecule has 1 saturated heterocycles. The van der Waals surface area contributed by atoms with E-state index < -0.39 is 5.82 Å². The molecule has 2 aliphatic rings. The first kappa shape index (κ1) is 21.6. The normalized spacial score (nSPS) is 16.1. The summed E-state index contributed by atoms with van der Waals surface area (Å²) >= 11 is 0. The van der Waals surface area contributed by atoms with E-state index in [1.54, 1.807) is 23.1 Å². The molecule has 0 radical (unpaired) electrons. The Morgan fingerprint density at radius 2 is 1.94 bits per heavy atom. The molecule has 172 valence electrons. The minimum Gasteiger partial charge on any atom is -0.378 e. The number of hydrogen-bond donors (Lipinski definition) is 0. The van der Waals surface area contributed by atoms with Crippen molar-refractivity contribution in [2.45, 2.75) is 26.3 Å². The van der Waals surface area contributed by atoms with Gasteiger partial charge in [-0.1, -0.05) is 41.1 Å². The molecule has 7 heteroatoms. The number of amides is 1.